The van der Waals surface area contributed by atoms with Crippen molar-refractivity contribution in [1.82, 2.24) is 9.97 Å². The van der Waals surface area contributed by atoms with Crippen molar-refractivity contribution < 1.29 is 0 Å². The van der Waals surface area contributed by atoms with Crippen molar-refractivity contribution in [3.8, 4) is 0 Å². The number of aromatic nitrogens is 2. The predicted octanol–water partition coefficient (Wildman–Crippen LogP) is 5.16. The molecule has 0 aromatic carbocycles. The minimum Gasteiger partial charge on any atom is -0.365 e. The van der Waals surface area contributed by atoms with Gasteiger partial charge in [-0.3, -0.25) is 0 Å². The number of halogens is 1. The molecule has 0 aliphatic carbocycles. The molecule has 0 aliphatic heterocycles. The standard InChI is InChI=1S/C16H28BrN3/c1-14(2,3)10-16(7,8)20-12-9-11(17)18-13(19-12)15(4,5)6/h9H,10H2,1-8H3,(H,18,19,20). The van der Waals surface area contributed by atoms with Crippen LogP contribution in [0.3, 0.4) is 0 Å². The molecular weight excluding hydrogens is 314 g/mol. The normalized spacial score (nSPS) is 13.4. The molecule has 0 aliphatic rings. The Bertz CT molecular complexity index is 468. The lowest BCUT2D eigenvalue weighted by atomic mass is 9.82. The van der Waals surface area contributed by atoms with Crippen LogP contribution >= 0.6 is 15.9 Å². The Labute approximate surface area is 132 Å². The molecule has 0 atom stereocenters. The largest absolute Gasteiger partial charge is 0.365 e. The van der Waals surface area contributed by atoms with Crippen molar-refractivity contribution in [3.05, 3.63) is 16.5 Å². The molecule has 114 valence electrons. The third-order valence-corrected chi connectivity index (χ3v) is 3.21. The molecule has 0 saturated carbocycles. The highest BCUT2D eigenvalue weighted by Crippen LogP contribution is 2.30. The first-order chi connectivity index (χ1) is 8.78. The molecule has 0 fully saturated rings. The van der Waals surface area contributed by atoms with E-state index in [1.807, 2.05) is 6.07 Å². The van der Waals surface area contributed by atoms with E-state index in [4.69, 9.17) is 0 Å². The van der Waals surface area contributed by atoms with Crippen LogP contribution in [0.5, 0.6) is 0 Å². The monoisotopic (exact) mass is 341 g/mol. The molecule has 0 unspecified atom stereocenters. The average Bonchev–Trinajstić information content (AvgIpc) is 2.09. The van der Waals surface area contributed by atoms with Crippen LogP contribution in [0.15, 0.2) is 10.7 Å². The molecule has 0 amide bonds. The fourth-order valence-electron chi connectivity index (χ4n) is 2.53. The molecule has 0 bridgehead atoms. The fourth-order valence-corrected chi connectivity index (χ4v) is 2.92. The number of nitrogens with zero attached hydrogens (tertiary/aromatic N) is 2. The van der Waals surface area contributed by atoms with Gasteiger partial charge in [-0.25, -0.2) is 9.97 Å². The lowest BCUT2D eigenvalue weighted by molar-refractivity contribution is 0.302. The number of nitrogens with one attached hydrogen (secondary N) is 1. The van der Waals surface area contributed by atoms with Crippen LogP contribution in [0.4, 0.5) is 5.82 Å². The van der Waals surface area contributed by atoms with Gasteiger partial charge in [-0.2, -0.15) is 0 Å². The van der Waals surface area contributed by atoms with Crippen molar-refractivity contribution in [2.75, 3.05) is 5.32 Å². The van der Waals surface area contributed by atoms with Gasteiger partial charge in [0.2, 0.25) is 0 Å². The smallest absolute Gasteiger partial charge is 0.137 e. The third-order valence-electron chi connectivity index (χ3n) is 2.80. The predicted molar refractivity (Wildman–Crippen MR) is 90.2 cm³/mol. The minimum atomic E-state index is -0.0611. The zero-order chi connectivity index (χ0) is 15.8. The van der Waals surface area contributed by atoms with E-state index in [1.54, 1.807) is 0 Å². The van der Waals surface area contributed by atoms with Crippen molar-refractivity contribution in [2.24, 2.45) is 5.41 Å². The van der Waals surface area contributed by atoms with Crippen molar-refractivity contribution in [3.63, 3.8) is 0 Å². The topological polar surface area (TPSA) is 37.8 Å². The second kappa shape index (κ2) is 5.63. The second-order valence-corrected chi connectivity index (χ2v) is 9.21. The summed E-state index contributed by atoms with van der Waals surface area (Å²) in [5.41, 5.74) is 0.198. The molecule has 1 heterocycles. The summed E-state index contributed by atoms with van der Waals surface area (Å²) in [6.07, 6.45) is 1.06. The maximum atomic E-state index is 4.67. The lowest BCUT2D eigenvalue weighted by Gasteiger charge is -2.34. The molecule has 1 aromatic heterocycles. The molecule has 0 spiro atoms. The first kappa shape index (κ1) is 17.4. The van der Waals surface area contributed by atoms with Gasteiger partial charge >= 0.3 is 0 Å². The maximum absolute atomic E-state index is 4.67. The number of anilines is 1. The van der Waals surface area contributed by atoms with E-state index in [0.717, 1.165) is 22.7 Å². The van der Waals surface area contributed by atoms with Crippen LogP contribution < -0.4 is 5.32 Å². The van der Waals surface area contributed by atoms with E-state index in [0.29, 0.717) is 0 Å². The summed E-state index contributed by atoms with van der Waals surface area (Å²) in [6, 6.07) is 1.94. The van der Waals surface area contributed by atoms with E-state index >= 15 is 0 Å². The summed E-state index contributed by atoms with van der Waals surface area (Å²) < 4.78 is 0.825. The molecule has 20 heavy (non-hydrogen) atoms. The molecule has 0 radical (unpaired) electrons. The molecule has 1 rings (SSSR count). The SMILES string of the molecule is CC(C)(C)CC(C)(C)Nc1cc(Br)nc(C(C)(C)C)n1. The summed E-state index contributed by atoms with van der Waals surface area (Å²) >= 11 is 3.48. The Morgan fingerprint density at radius 3 is 2.00 bits per heavy atom. The summed E-state index contributed by atoms with van der Waals surface area (Å²) in [5, 5.41) is 3.55. The Morgan fingerprint density at radius 2 is 1.55 bits per heavy atom. The highest BCUT2D eigenvalue weighted by atomic mass is 79.9. The Balaban J connectivity index is 3.01. The molecular formula is C16H28BrN3. The van der Waals surface area contributed by atoms with Crippen LogP contribution in [0.1, 0.15) is 67.6 Å². The molecule has 1 N–H and O–H groups in total. The molecule has 4 heteroatoms. The highest BCUT2D eigenvalue weighted by molar-refractivity contribution is 9.10. The summed E-state index contributed by atoms with van der Waals surface area (Å²) in [7, 11) is 0. The quantitative estimate of drug-likeness (QED) is 0.771. The maximum Gasteiger partial charge on any atom is 0.137 e. The van der Waals surface area contributed by atoms with Gasteiger partial charge < -0.3 is 5.32 Å². The van der Waals surface area contributed by atoms with Crippen molar-refractivity contribution >= 4 is 21.7 Å². The van der Waals surface area contributed by atoms with Gasteiger partial charge in [-0.1, -0.05) is 41.5 Å². The zero-order valence-electron chi connectivity index (χ0n) is 14.1. The van der Waals surface area contributed by atoms with Gasteiger partial charge in [0.05, 0.1) is 0 Å². The summed E-state index contributed by atoms with van der Waals surface area (Å²) in [5.74, 6) is 1.73. The molecule has 1 aromatic rings. The Hall–Kier alpha value is -0.640. The number of hydrogen-bond donors (Lipinski definition) is 1. The third kappa shape index (κ3) is 5.78. The second-order valence-electron chi connectivity index (χ2n) is 8.40. The molecule has 3 nitrogen and oxygen atoms in total. The van der Waals surface area contributed by atoms with Gasteiger partial charge in [-0.15, -0.1) is 0 Å². The van der Waals surface area contributed by atoms with Crippen LogP contribution in [-0.4, -0.2) is 15.5 Å². The zero-order valence-corrected chi connectivity index (χ0v) is 15.6. The van der Waals surface area contributed by atoms with Gasteiger partial charge in [0, 0.05) is 17.0 Å². The van der Waals surface area contributed by atoms with E-state index in [9.17, 15) is 0 Å². The fraction of sp³-hybridized carbons (Fsp3) is 0.750. The molecule has 0 saturated heterocycles. The number of hydrogen-bond acceptors (Lipinski definition) is 3. The minimum absolute atomic E-state index is 0.0127. The van der Waals surface area contributed by atoms with Gasteiger partial charge in [0.1, 0.15) is 16.2 Å². The lowest BCUT2D eigenvalue weighted by Crippen LogP contribution is -2.36. The highest BCUT2D eigenvalue weighted by Gasteiger charge is 2.26. The Kier molecular flexibility index (Phi) is 4.90. The van der Waals surface area contributed by atoms with Crippen LogP contribution in [-0.2, 0) is 5.41 Å². The van der Waals surface area contributed by atoms with Crippen molar-refractivity contribution in [2.45, 2.75) is 72.8 Å². The van der Waals surface area contributed by atoms with E-state index < -0.39 is 0 Å². The average molecular weight is 342 g/mol. The van der Waals surface area contributed by atoms with E-state index in [1.165, 1.54) is 0 Å². The first-order valence-corrected chi connectivity index (χ1v) is 7.91. The van der Waals surface area contributed by atoms with Gasteiger partial charge in [0.25, 0.3) is 0 Å². The van der Waals surface area contributed by atoms with E-state index in [-0.39, 0.29) is 16.4 Å². The van der Waals surface area contributed by atoms with Gasteiger partial charge in [-0.05, 0) is 41.6 Å². The number of rotatable bonds is 3. The summed E-state index contributed by atoms with van der Waals surface area (Å²) in [6.45, 7) is 17.6. The van der Waals surface area contributed by atoms with Crippen molar-refractivity contribution in [1.29, 1.82) is 0 Å². The van der Waals surface area contributed by atoms with Crippen LogP contribution in [0.25, 0.3) is 0 Å². The first-order valence-electron chi connectivity index (χ1n) is 7.12. The van der Waals surface area contributed by atoms with Crippen LogP contribution in [0, 0.1) is 5.41 Å². The van der Waals surface area contributed by atoms with Gasteiger partial charge in [0.15, 0.2) is 0 Å². The summed E-state index contributed by atoms with van der Waals surface area (Å²) in [4.78, 5) is 9.14. The van der Waals surface area contributed by atoms with E-state index in [2.05, 4.69) is 86.6 Å². The Morgan fingerprint density at radius 1 is 1.00 bits per heavy atom. The van der Waals surface area contributed by atoms with Crippen LogP contribution in [0.2, 0.25) is 0 Å².